The van der Waals surface area contributed by atoms with Crippen LogP contribution in [0.3, 0.4) is 0 Å². The monoisotopic (exact) mass is 215 g/mol. The normalized spacial score (nSPS) is 10.4. The van der Waals surface area contributed by atoms with Crippen molar-refractivity contribution in [3.8, 4) is 0 Å². The third-order valence-electron chi connectivity index (χ3n) is 2.64. The quantitative estimate of drug-likeness (QED) is 0.820. The summed E-state index contributed by atoms with van der Waals surface area (Å²) in [5.74, 6) is 1.12. The molecule has 0 fully saturated rings. The van der Waals surface area contributed by atoms with Crippen LogP contribution in [0.2, 0.25) is 0 Å². The summed E-state index contributed by atoms with van der Waals surface area (Å²) in [5.41, 5.74) is 8.08. The first-order valence-electron chi connectivity index (χ1n) is 5.42. The summed E-state index contributed by atoms with van der Waals surface area (Å²) in [6.07, 6.45) is 1.93. The molecule has 3 N–H and O–H groups in total. The van der Waals surface area contributed by atoms with Crippen molar-refractivity contribution >= 4 is 5.82 Å². The molecule has 0 spiro atoms. The van der Waals surface area contributed by atoms with Gasteiger partial charge in [-0.15, -0.1) is 0 Å². The van der Waals surface area contributed by atoms with E-state index < -0.39 is 0 Å². The van der Waals surface area contributed by atoms with Gasteiger partial charge in [-0.1, -0.05) is 24.3 Å². The molecule has 0 aliphatic carbocycles. The number of hydrogen-bond donors (Lipinski definition) is 2. The van der Waals surface area contributed by atoms with Crippen LogP contribution < -0.4 is 10.6 Å². The SMILES string of the molecule is CN(Cc1cccc(CN)c1)c1ccc[nH]1. The molecule has 0 unspecified atom stereocenters. The molecular weight excluding hydrogens is 198 g/mol. The molecule has 0 bridgehead atoms. The second-order valence-corrected chi connectivity index (χ2v) is 3.94. The van der Waals surface area contributed by atoms with Crippen molar-refractivity contribution in [2.75, 3.05) is 11.9 Å². The Kier molecular flexibility index (Phi) is 3.27. The third-order valence-corrected chi connectivity index (χ3v) is 2.64. The van der Waals surface area contributed by atoms with E-state index in [2.05, 4.69) is 47.3 Å². The molecule has 84 valence electrons. The lowest BCUT2D eigenvalue weighted by molar-refractivity contribution is 0.899. The van der Waals surface area contributed by atoms with Crippen molar-refractivity contribution in [3.05, 3.63) is 53.7 Å². The lowest BCUT2D eigenvalue weighted by atomic mass is 10.1. The minimum atomic E-state index is 0.597. The highest BCUT2D eigenvalue weighted by atomic mass is 15.2. The Hall–Kier alpha value is -1.74. The average Bonchev–Trinajstić information content (AvgIpc) is 2.83. The number of nitrogens with zero attached hydrogens (tertiary/aromatic N) is 1. The molecule has 0 saturated carbocycles. The van der Waals surface area contributed by atoms with Gasteiger partial charge in [0.2, 0.25) is 0 Å². The fraction of sp³-hybridized carbons (Fsp3) is 0.231. The average molecular weight is 215 g/mol. The molecule has 0 aliphatic rings. The molecule has 0 radical (unpaired) electrons. The summed E-state index contributed by atoms with van der Waals surface area (Å²) >= 11 is 0. The summed E-state index contributed by atoms with van der Waals surface area (Å²) in [7, 11) is 2.07. The largest absolute Gasteiger partial charge is 0.357 e. The van der Waals surface area contributed by atoms with Gasteiger partial charge in [-0.25, -0.2) is 0 Å². The number of hydrogen-bond acceptors (Lipinski definition) is 2. The van der Waals surface area contributed by atoms with E-state index in [1.807, 2.05) is 12.3 Å². The van der Waals surface area contributed by atoms with Crippen LogP contribution in [0, 0.1) is 0 Å². The molecule has 0 aliphatic heterocycles. The van der Waals surface area contributed by atoms with Gasteiger partial charge in [0.1, 0.15) is 5.82 Å². The number of aromatic nitrogens is 1. The molecule has 0 amide bonds. The van der Waals surface area contributed by atoms with Crippen molar-refractivity contribution in [3.63, 3.8) is 0 Å². The highest BCUT2D eigenvalue weighted by molar-refractivity contribution is 5.39. The molecule has 2 aromatic rings. The van der Waals surface area contributed by atoms with E-state index in [-0.39, 0.29) is 0 Å². The van der Waals surface area contributed by atoms with Crippen LogP contribution in [0.15, 0.2) is 42.6 Å². The molecule has 16 heavy (non-hydrogen) atoms. The van der Waals surface area contributed by atoms with Crippen molar-refractivity contribution in [2.24, 2.45) is 5.73 Å². The van der Waals surface area contributed by atoms with Crippen molar-refractivity contribution in [2.45, 2.75) is 13.1 Å². The highest BCUT2D eigenvalue weighted by Gasteiger charge is 2.02. The first-order valence-corrected chi connectivity index (χ1v) is 5.42. The predicted octanol–water partition coefficient (Wildman–Crippen LogP) is 2.11. The molecule has 3 heteroatoms. The minimum Gasteiger partial charge on any atom is -0.357 e. The van der Waals surface area contributed by atoms with E-state index in [4.69, 9.17) is 5.73 Å². The van der Waals surface area contributed by atoms with Crippen LogP contribution in [0.4, 0.5) is 5.82 Å². The van der Waals surface area contributed by atoms with Gasteiger partial charge in [0.05, 0.1) is 0 Å². The lowest BCUT2D eigenvalue weighted by Crippen LogP contribution is -2.16. The molecule has 0 saturated heterocycles. The van der Waals surface area contributed by atoms with Gasteiger partial charge >= 0.3 is 0 Å². The fourth-order valence-corrected chi connectivity index (χ4v) is 1.77. The van der Waals surface area contributed by atoms with E-state index in [1.54, 1.807) is 0 Å². The fourth-order valence-electron chi connectivity index (χ4n) is 1.77. The number of aromatic amines is 1. The summed E-state index contributed by atoms with van der Waals surface area (Å²) in [6.45, 7) is 1.48. The Labute approximate surface area is 95.9 Å². The molecule has 1 aromatic heterocycles. The van der Waals surface area contributed by atoms with Crippen molar-refractivity contribution in [1.82, 2.24) is 4.98 Å². The Morgan fingerprint density at radius 3 is 2.69 bits per heavy atom. The zero-order valence-corrected chi connectivity index (χ0v) is 9.48. The summed E-state index contributed by atoms with van der Waals surface area (Å²) in [5, 5.41) is 0. The van der Waals surface area contributed by atoms with Gasteiger partial charge in [-0.05, 0) is 23.3 Å². The molecule has 0 atom stereocenters. The summed E-state index contributed by atoms with van der Waals surface area (Å²) < 4.78 is 0. The maximum absolute atomic E-state index is 5.62. The first-order chi connectivity index (χ1) is 7.79. The zero-order valence-electron chi connectivity index (χ0n) is 9.48. The van der Waals surface area contributed by atoms with E-state index in [1.165, 1.54) is 11.1 Å². The second kappa shape index (κ2) is 4.86. The predicted molar refractivity (Wildman–Crippen MR) is 67.2 cm³/mol. The molecule has 3 nitrogen and oxygen atoms in total. The topological polar surface area (TPSA) is 45.0 Å². The van der Waals surface area contributed by atoms with Gasteiger partial charge in [-0.3, -0.25) is 0 Å². The van der Waals surface area contributed by atoms with Crippen LogP contribution in [0.25, 0.3) is 0 Å². The van der Waals surface area contributed by atoms with E-state index in [0.29, 0.717) is 6.54 Å². The number of anilines is 1. The third kappa shape index (κ3) is 2.44. The Morgan fingerprint density at radius 1 is 1.19 bits per heavy atom. The van der Waals surface area contributed by atoms with Crippen LogP contribution >= 0.6 is 0 Å². The van der Waals surface area contributed by atoms with Gasteiger partial charge < -0.3 is 15.6 Å². The maximum Gasteiger partial charge on any atom is 0.105 e. The number of benzene rings is 1. The lowest BCUT2D eigenvalue weighted by Gasteiger charge is -2.17. The van der Waals surface area contributed by atoms with Crippen LogP contribution in [-0.2, 0) is 13.1 Å². The Balaban J connectivity index is 2.08. The van der Waals surface area contributed by atoms with E-state index in [9.17, 15) is 0 Å². The van der Waals surface area contributed by atoms with Crippen molar-refractivity contribution in [1.29, 1.82) is 0 Å². The number of rotatable bonds is 4. The first kappa shape index (κ1) is 10.8. The summed E-state index contributed by atoms with van der Waals surface area (Å²) in [4.78, 5) is 5.36. The highest BCUT2D eigenvalue weighted by Crippen LogP contribution is 2.13. The Morgan fingerprint density at radius 2 is 2.00 bits per heavy atom. The van der Waals surface area contributed by atoms with E-state index >= 15 is 0 Å². The summed E-state index contributed by atoms with van der Waals surface area (Å²) in [6, 6.07) is 12.4. The van der Waals surface area contributed by atoms with Crippen LogP contribution in [0.1, 0.15) is 11.1 Å². The van der Waals surface area contributed by atoms with E-state index in [0.717, 1.165) is 12.4 Å². The smallest absolute Gasteiger partial charge is 0.105 e. The minimum absolute atomic E-state index is 0.597. The molecule has 1 aromatic carbocycles. The van der Waals surface area contributed by atoms with Crippen LogP contribution in [-0.4, -0.2) is 12.0 Å². The maximum atomic E-state index is 5.62. The van der Waals surface area contributed by atoms with Gasteiger partial charge in [-0.2, -0.15) is 0 Å². The second-order valence-electron chi connectivity index (χ2n) is 3.94. The van der Waals surface area contributed by atoms with Gasteiger partial charge in [0.25, 0.3) is 0 Å². The van der Waals surface area contributed by atoms with Crippen molar-refractivity contribution < 1.29 is 0 Å². The number of nitrogens with two attached hydrogens (primary N) is 1. The molecular formula is C13H17N3. The molecule has 1 heterocycles. The van der Waals surface area contributed by atoms with Crippen LogP contribution in [0.5, 0.6) is 0 Å². The Bertz CT molecular complexity index is 434. The standard InChI is InChI=1S/C13H17N3/c1-16(13-6-3-7-15-13)10-12-5-2-4-11(8-12)9-14/h2-8,15H,9-10,14H2,1H3. The van der Waals surface area contributed by atoms with Gasteiger partial charge in [0.15, 0.2) is 0 Å². The zero-order chi connectivity index (χ0) is 11.4. The number of nitrogens with one attached hydrogen (secondary N) is 1. The molecule has 2 rings (SSSR count). The number of H-pyrrole nitrogens is 1. The van der Waals surface area contributed by atoms with Gasteiger partial charge in [0, 0.05) is 26.3 Å².